The summed E-state index contributed by atoms with van der Waals surface area (Å²) in [6, 6.07) is 13.7. The molecule has 2 aromatic rings. The van der Waals surface area contributed by atoms with Crippen LogP contribution in [-0.4, -0.2) is 6.29 Å². The quantitative estimate of drug-likeness (QED) is 0.624. The number of carbonyl (C=O) groups is 1. The highest BCUT2D eigenvalue weighted by molar-refractivity contribution is 6.28. The van der Waals surface area contributed by atoms with Crippen LogP contribution in [0.15, 0.2) is 42.5 Å². The minimum atomic E-state index is -0.555. The van der Waals surface area contributed by atoms with Crippen molar-refractivity contribution in [2.24, 2.45) is 0 Å². The number of rotatable bonds is 2. The van der Waals surface area contributed by atoms with Gasteiger partial charge in [0.05, 0.1) is 0 Å². The molecule has 0 saturated heterocycles. The highest BCUT2D eigenvalue weighted by Gasteiger charge is 2.08. The van der Waals surface area contributed by atoms with E-state index in [9.17, 15) is 4.79 Å². The van der Waals surface area contributed by atoms with Crippen LogP contribution in [0.1, 0.15) is 10.9 Å². The third-order valence-corrected chi connectivity index (χ3v) is 2.58. The Morgan fingerprint density at radius 1 is 1.07 bits per heavy atom. The molecular weight excluding hydrogens is 210 g/mol. The minimum absolute atomic E-state index is 0. The predicted molar refractivity (Wildman–Crippen MR) is 63.6 cm³/mol. The molecule has 0 aliphatic carbocycles. The van der Waals surface area contributed by atoms with Gasteiger partial charge in [-0.1, -0.05) is 42.5 Å². The average Bonchev–Trinajstić information content (AvgIpc) is 2.27. The molecule has 0 aromatic heterocycles. The average molecular weight is 222 g/mol. The van der Waals surface area contributed by atoms with E-state index in [0.717, 1.165) is 22.6 Å². The third kappa shape index (κ3) is 2.17. The fraction of sp³-hybridized carbons (Fsp3) is 0.0833. The Kier molecular flexibility index (Phi) is 3.83. The lowest BCUT2D eigenvalue weighted by molar-refractivity contribution is -0.107. The molecule has 0 amide bonds. The number of halogens is 1. The third-order valence-electron chi connectivity index (χ3n) is 2.24. The molecule has 2 aromatic carbocycles. The summed E-state index contributed by atoms with van der Waals surface area (Å²) in [7, 11) is 0. The Hall–Kier alpha value is -1.38. The van der Waals surface area contributed by atoms with Crippen LogP contribution in [0.25, 0.3) is 10.8 Å². The Balaban J connectivity index is 0.00000112. The van der Waals surface area contributed by atoms with Crippen LogP contribution >= 0.6 is 11.6 Å². The monoisotopic (exact) mass is 221 g/mol. The molecule has 0 spiro atoms. The summed E-state index contributed by atoms with van der Waals surface area (Å²) in [5.74, 6) is 0. The Morgan fingerprint density at radius 2 is 1.73 bits per heavy atom. The number of carbonyl (C=O) groups excluding carboxylic acids is 1. The van der Waals surface area contributed by atoms with Gasteiger partial charge in [0.1, 0.15) is 11.7 Å². The van der Waals surface area contributed by atoms with Crippen molar-refractivity contribution in [3.8, 4) is 0 Å². The molecule has 3 N–H and O–H groups in total. The van der Waals surface area contributed by atoms with Gasteiger partial charge in [0.15, 0.2) is 0 Å². The summed E-state index contributed by atoms with van der Waals surface area (Å²) < 4.78 is 0. The molecule has 3 heteroatoms. The molecule has 0 aliphatic rings. The van der Waals surface area contributed by atoms with Crippen molar-refractivity contribution in [1.82, 2.24) is 6.15 Å². The van der Waals surface area contributed by atoms with E-state index < -0.39 is 5.38 Å². The largest absolute Gasteiger partial charge is 0.344 e. The lowest BCUT2D eigenvalue weighted by Crippen LogP contribution is -1.92. The predicted octanol–water partition coefficient (Wildman–Crippen LogP) is 3.48. The van der Waals surface area contributed by atoms with Gasteiger partial charge >= 0.3 is 0 Å². The molecule has 0 aliphatic heterocycles. The van der Waals surface area contributed by atoms with E-state index in [1.165, 1.54) is 0 Å². The number of benzene rings is 2. The molecule has 0 fully saturated rings. The zero-order valence-corrected chi connectivity index (χ0v) is 8.95. The van der Waals surface area contributed by atoms with Gasteiger partial charge in [-0.05, 0) is 16.3 Å². The van der Waals surface area contributed by atoms with Crippen LogP contribution in [-0.2, 0) is 4.79 Å². The molecular formula is C12H12ClNO. The van der Waals surface area contributed by atoms with Gasteiger partial charge in [0.25, 0.3) is 0 Å². The standard InChI is InChI=1S/C12H9ClO.H3N/c13-12(8-14)11-7-3-5-9-4-1-2-6-10(9)11;/h1-8,12H;1H3. The lowest BCUT2D eigenvalue weighted by Gasteiger charge is -2.06. The van der Waals surface area contributed by atoms with Gasteiger partial charge < -0.3 is 10.9 Å². The van der Waals surface area contributed by atoms with Gasteiger partial charge in [-0.3, -0.25) is 0 Å². The maximum Gasteiger partial charge on any atom is 0.142 e. The summed E-state index contributed by atoms with van der Waals surface area (Å²) in [5.41, 5.74) is 0.875. The number of hydrogen-bond donors (Lipinski definition) is 1. The van der Waals surface area contributed by atoms with Crippen LogP contribution in [0.2, 0.25) is 0 Å². The second-order valence-corrected chi connectivity index (χ2v) is 3.58. The maximum absolute atomic E-state index is 10.6. The molecule has 0 bridgehead atoms. The van der Waals surface area contributed by atoms with Gasteiger partial charge in [-0.15, -0.1) is 11.6 Å². The lowest BCUT2D eigenvalue weighted by atomic mass is 10.0. The number of fused-ring (bicyclic) bond motifs is 1. The SMILES string of the molecule is N.O=CC(Cl)c1cccc2ccccc12. The van der Waals surface area contributed by atoms with E-state index in [4.69, 9.17) is 11.6 Å². The summed E-state index contributed by atoms with van der Waals surface area (Å²) in [4.78, 5) is 10.6. The first-order chi connectivity index (χ1) is 6.83. The first-order valence-electron chi connectivity index (χ1n) is 4.40. The Morgan fingerprint density at radius 3 is 2.47 bits per heavy atom. The first-order valence-corrected chi connectivity index (χ1v) is 4.83. The fourth-order valence-corrected chi connectivity index (χ4v) is 1.75. The van der Waals surface area contributed by atoms with E-state index in [-0.39, 0.29) is 6.15 Å². The second kappa shape index (κ2) is 4.91. The van der Waals surface area contributed by atoms with Crippen LogP contribution < -0.4 is 6.15 Å². The molecule has 2 nitrogen and oxygen atoms in total. The van der Waals surface area contributed by atoms with Crippen molar-refractivity contribution in [3.63, 3.8) is 0 Å². The van der Waals surface area contributed by atoms with Crippen LogP contribution in [0.5, 0.6) is 0 Å². The maximum atomic E-state index is 10.6. The molecule has 1 atom stereocenters. The fourth-order valence-electron chi connectivity index (χ4n) is 1.56. The van der Waals surface area contributed by atoms with Gasteiger partial charge in [-0.25, -0.2) is 0 Å². The Labute approximate surface area is 93.4 Å². The van der Waals surface area contributed by atoms with Crippen molar-refractivity contribution in [1.29, 1.82) is 0 Å². The van der Waals surface area contributed by atoms with Crippen molar-refractivity contribution in [2.75, 3.05) is 0 Å². The highest BCUT2D eigenvalue weighted by atomic mass is 35.5. The van der Waals surface area contributed by atoms with E-state index in [2.05, 4.69) is 0 Å². The highest BCUT2D eigenvalue weighted by Crippen LogP contribution is 2.26. The number of alkyl halides is 1. The van der Waals surface area contributed by atoms with Gasteiger partial charge in [-0.2, -0.15) is 0 Å². The molecule has 78 valence electrons. The summed E-state index contributed by atoms with van der Waals surface area (Å²) in [6.07, 6.45) is 0.753. The van der Waals surface area contributed by atoms with E-state index in [1.54, 1.807) is 0 Å². The van der Waals surface area contributed by atoms with Gasteiger partial charge in [0, 0.05) is 0 Å². The molecule has 2 rings (SSSR count). The smallest absolute Gasteiger partial charge is 0.142 e. The molecule has 0 radical (unpaired) electrons. The van der Waals surface area contributed by atoms with Crippen LogP contribution in [0.3, 0.4) is 0 Å². The van der Waals surface area contributed by atoms with E-state index in [0.29, 0.717) is 0 Å². The topological polar surface area (TPSA) is 52.1 Å². The van der Waals surface area contributed by atoms with Crippen LogP contribution in [0.4, 0.5) is 0 Å². The minimum Gasteiger partial charge on any atom is -0.344 e. The summed E-state index contributed by atoms with van der Waals surface area (Å²) in [5, 5.41) is 1.60. The Bertz CT molecular complexity index is 465. The van der Waals surface area contributed by atoms with Gasteiger partial charge in [0.2, 0.25) is 0 Å². The summed E-state index contributed by atoms with van der Waals surface area (Å²) >= 11 is 5.90. The van der Waals surface area contributed by atoms with Crippen molar-refractivity contribution in [2.45, 2.75) is 5.38 Å². The second-order valence-electron chi connectivity index (χ2n) is 3.11. The molecule has 0 saturated carbocycles. The van der Waals surface area contributed by atoms with E-state index in [1.807, 2.05) is 42.5 Å². The zero-order chi connectivity index (χ0) is 9.97. The van der Waals surface area contributed by atoms with Crippen molar-refractivity contribution >= 4 is 28.7 Å². The molecule has 1 unspecified atom stereocenters. The zero-order valence-electron chi connectivity index (χ0n) is 8.19. The number of aldehydes is 1. The van der Waals surface area contributed by atoms with Crippen molar-refractivity contribution in [3.05, 3.63) is 48.0 Å². The number of hydrogen-bond acceptors (Lipinski definition) is 2. The first kappa shape index (κ1) is 11.7. The molecule has 15 heavy (non-hydrogen) atoms. The molecule has 0 heterocycles. The van der Waals surface area contributed by atoms with E-state index >= 15 is 0 Å². The van der Waals surface area contributed by atoms with Crippen molar-refractivity contribution < 1.29 is 4.79 Å². The normalized spacial score (nSPS) is 11.8. The summed E-state index contributed by atoms with van der Waals surface area (Å²) in [6.45, 7) is 0. The van der Waals surface area contributed by atoms with Crippen LogP contribution in [0, 0.1) is 0 Å².